The number of aromatic nitrogens is 2. The van der Waals surface area contributed by atoms with Gasteiger partial charge in [-0.25, -0.2) is 9.97 Å². The predicted molar refractivity (Wildman–Crippen MR) is 72.0 cm³/mol. The summed E-state index contributed by atoms with van der Waals surface area (Å²) in [5.41, 5.74) is 1.41. The zero-order chi connectivity index (χ0) is 12.3. The summed E-state index contributed by atoms with van der Waals surface area (Å²) in [7, 11) is 0. The third-order valence-electron chi connectivity index (χ3n) is 2.31. The second kappa shape index (κ2) is 5.62. The van der Waals surface area contributed by atoms with E-state index < -0.39 is 6.10 Å². The molecule has 0 fully saturated rings. The van der Waals surface area contributed by atoms with Crippen molar-refractivity contribution in [3.05, 3.63) is 52.3 Å². The SMILES string of the molecule is CSc1ncc(Br)c(C(O)c2ccccc2)n1. The third-order valence-corrected chi connectivity index (χ3v) is 3.48. The lowest BCUT2D eigenvalue weighted by molar-refractivity contribution is 0.213. The predicted octanol–water partition coefficient (Wildman–Crippen LogP) is 3.04. The van der Waals surface area contributed by atoms with Crippen molar-refractivity contribution in [3.63, 3.8) is 0 Å². The van der Waals surface area contributed by atoms with E-state index in [-0.39, 0.29) is 0 Å². The third kappa shape index (κ3) is 2.86. The molecule has 0 bridgehead atoms. The topological polar surface area (TPSA) is 46.0 Å². The zero-order valence-electron chi connectivity index (χ0n) is 9.17. The lowest BCUT2D eigenvalue weighted by Crippen LogP contribution is -2.05. The number of halogens is 1. The normalized spacial score (nSPS) is 12.4. The Morgan fingerprint density at radius 3 is 2.65 bits per heavy atom. The number of hydrogen-bond donors (Lipinski definition) is 1. The summed E-state index contributed by atoms with van der Waals surface area (Å²) < 4.78 is 0.714. The molecule has 5 heteroatoms. The summed E-state index contributed by atoms with van der Waals surface area (Å²) in [5.74, 6) is 0. The first-order chi connectivity index (χ1) is 8.22. The van der Waals surface area contributed by atoms with E-state index in [9.17, 15) is 5.11 Å². The average molecular weight is 311 g/mol. The van der Waals surface area contributed by atoms with Gasteiger partial charge in [0.05, 0.1) is 10.2 Å². The quantitative estimate of drug-likeness (QED) is 0.699. The van der Waals surface area contributed by atoms with Gasteiger partial charge in [0, 0.05) is 6.20 Å². The Morgan fingerprint density at radius 2 is 2.00 bits per heavy atom. The van der Waals surface area contributed by atoms with Crippen LogP contribution >= 0.6 is 27.7 Å². The molecule has 0 saturated heterocycles. The highest BCUT2D eigenvalue weighted by molar-refractivity contribution is 9.10. The Bertz CT molecular complexity index is 507. The second-order valence-electron chi connectivity index (χ2n) is 3.40. The van der Waals surface area contributed by atoms with E-state index in [1.54, 1.807) is 6.20 Å². The van der Waals surface area contributed by atoms with Gasteiger partial charge in [-0.3, -0.25) is 0 Å². The maximum Gasteiger partial charge on any atom is 0.187 e. The standard InChI is InChI=1S/C12H11BrN2OS/c1-17-12-14-7-9(13)10(15-12)11(16)8-5-3-2-4-6-8/h2-7,11,16H,1H3. The summed E-state index contributed by atoms with van der Waals surface area (Å²) in [5, 5.41) is 10.9. The van der Waals surface area contributed by atoms with Crippen molar-refractivity contribution in [1.82, 2.24) is 9.97 Å². The van der Waals surface area contributed by atoms with Gasteiger partial charge in [-0.15, -0.1) is 0 Å². The smallest absolute Gasteiger partial charge is 0.187 e. The second-order valence-corrected chi connectivity index (χ2v) is 5.03. The molecule has 0 saturated carbocycles. The molecule has 1 N–H and O–H groups in total. The number of thioether (sulfide) groups is 1. The van der Waals surface area contributed by atoms with Gasteiger partial charge in [0.15, 0.2) is 5.16 Å². The fraction of sp³-hybridized carbons (Fsp3) is 0.167. The molecule has 17 heavy (non-hydrogen) atoms. The maximum atomic E-state index is 10.3. The summed E-state index contributed by atoms with van der Waals surface area (Å²) in [6.45, 7) is 0. The number of aliphatic hydroxyl groups is 1. The zero-order valence-corrected chi connectivity index (χ0v) is 11.6. The van der Waals surface area contributed by atoms with Crippen LogP contribution in [0.1, 0.15) is 17.4 Å². The molecule has 88 valence electrons. The Kier molecular flexibility index (Phi) is 4.15. The van der Waals surface area contributed by atoms with Crippen LogP contribution in [0.3, 0.4) is 0 Å². The van der Waals surface area contributed by atoms with Gasteiger partial charge in [0.1, 0.15) is 6.10 Å². The Morgan fingerprint density at radius 1 is 1.29 bits per heavy atom. The van der Waals surface area contributed by atoms with E-state index in [4.69, 9.17) is 0 Å². The Hall–Kier alpha value is -0.910. The molecule has 0 spiro atoms. The Labute approximate surface area is 112 Å². The van der Waals surface area contributed by atoms with Crippen molar-refractivity contribution in [2.45, 2.75) is 11.3 Å². The van der Waals surface area contributed by atoms with Crippen molar-refractivity contribution in [1.29, 1.82) is 0 Å². The monoisotopic (exact) mass is 310 g/mol. The number of aliphatic hydroxyl groups excluding tert-OH is 1. The molecule has 0 aliphatic rings. The van der Waals surface area contributed by atoms with Gasteiger partial charge in [-0.05, 0) is 27.7 Å². The minimum Gasteiger partial charge on any atom is -0.382 e. The van der Waals surface area contributed by atoms with Gasteiger partial charge in [-0.1, -0.05) is 42.1 Å². The molecule has 0 radical (unpaired) electrons. The van der Waals surface area contributed by atoms with E-state index in [1.807, 2.05) is 36.6 Å². The van der Waals surface area contributed by atoms with Crippen LogP contribution in [0.25, 0.3) is 0 Å². The van der Waals surface area contributed by atoms with E-state index in [2.05, 4.69) is 25.9 Å². The van der Waals surface area contributed by atoms with Crippen LogP contribution in [0, 0.1) is 0 Å². The fourth-order valence-corrected chi connectivity index (χ4v) is 2.20. The van der Waals surface area contributed by atoms with Crippen molar-refractivity contribution in [3.8, 4) is 0 Å². The molecule has 1 aromatic carbocycles. The molecular weight excluding hydrogens is 300 g/mol. The molecule has 1 heterocycles. The number of hydrogen-bond acceptors (Lipinski definition) is 4. The Balaban J connectivity index is 2.40. The highest BCUT2D eigenvalue weighted by atomic mass is 79.9. The van der Waals surface area contributed by atoms with Gasteiger partial charge >= 0.3 is 0 Å². The lowest BCUT2D eigenvalue weighted by Gasteiger charge is -2.12. The number of benzene rings is 1. The first-order valence-corrected chi connectivity index (χ1v) is 7.03. The molecule has 1 aromatic heterocycles. The molecule has 0 aliphatic heterocycles. The molecule has 3 nitrogen and oxygen atoms in total. The van der Waals surface area contributed by atoms with Crippen LogP contribution in [-0.2, 0) is 0 Å². The molecule has 2 aromatic rings. The minimum absolute atomic E-state index is 0.593. The number of nitrogens with zero attached hydrogens (tertiary/aromatic N) is 2. The molecule has 1 unspecified atom stereocenters. The first-order valence-electron chi connectivity index (χ1n) is 5.02. The maximum absolute atomic E-state index is 10.3. The van der Waals surface area contributed by atoms with Gasteiger partial charge in [0.2, 0.25) is 0 Å². The highest BCUT2D eigenvalue weighted by Gasteiger charge is 2.16. The van der Waals surface area contributed by atoms with Crippen molar-refractivity contribution in [2.75, 3.05) is 6.26 Å². The van der Waals surface area contributed by atoms with Crippen molar-refractivity contribution >= 4 is 27.7 Å². The van der Waals surface area contributed by atoms with Gasteiger partial charge in [-0.2, -0.15) is 0 Å². The van der Waals surface area contributed by atoms with E-state index in [0.717, 1.165) is 5.56 Å². The summed E-state index contributed by atoms with van der Waals surface area (Å²) in [4.78, 5) is 8.45. The van der Waals surface area contributed by atoms with Gasteiger partial charge < -0.3 is 5.11 Å². The summed E-state index contributed by atoms with van der Waals surface area (Å²) in [6.07, 6.45) is 2.84. The minimum atomic E-state index is -0.737. The largest absolute Gasteiger partial charge is 0.382 e. The molecule has 0 amide bonds. The molecule has 0 aliphatic carbocycles. The molecule has 1 atom stereocenters. The van der Waals surface area contributed by atoms with Gasteiger partial charge in [0.25, 0.3) is 0 Å². The van der Waals surface area contributed by atoms with Crippen LogP contribution in [0.15, 0.2) is 46.2 Å². The van der Waals surface area contributed by atoms with Crippen molar-refractivity contribution < 1.29 is 5.11 Å². The van der Waals surface area contributed by atoms with Crippen molar-refractivity contribution in [2.24, 2.45) is 0 Å². The van der Waals surface area contributed by atoms with E-state index in [0.29, 0.717) is 15.3 Å². The van der Waals surface area contributed by atoms with Crippen LogP contribution in [0.2, 0.25) is 0 Å². The molecular formula is C12H11BrN2OS. The van der Waals surface area contributed by atoms with Crippen LogP contribution < -0.4 is 0 Å². The van der Waals surface area contributed by atoms with Crippen LogP contribution in [-0.4, -0.2) is 21.3 Å². The van der Waals surface area contributed by atoms with Crippen LogP contribution in [0.4, 0.5) is 0 Å². The lowest BCUT2D eigenvalue weighted by atomic mass is 10.1. The summed E-state index contributed by atoms with van der Waals surface area (Å²) >= 11 is 4.81. The van der Waals surface area contributed by atoms with E-state index in [1.165, 1.54) is 11.8 Å². The first kappa shape index (κ1) is 12.5. The average Bonchev–Trinajstić information content (AvgIpc) is 2.39. The highest BCUT2D eigenvalue weighted by Crippen LogP contribution is 2.27. The fourth-order valence-electron chi connectivity index (χ4n) is 1.45. The van der Waals surface area contributed by atoms with E-state index >= 15 is 0 Å². The van der Waals surface area contributed by atoms with Crippen LogP contribution in [0.5, 0.6) is 0 Å². The molecule has 2 rings (SSSR count). The summed E-state index contributed by atoms with van der Waals surface area (Å²) in [6, 6.07) is 9.45. The number of rotatable bonds is 3.